The zero-order valence-corrected chi connectivity index (χ0v) is 52.4. The van der Waals surface area contributed by atoms with E-state index in [2.05, 4.69) is 39.4 Å². The molecular weight excluding hydrogens is 1380 g/mol. The van der Waals surface area contributed by atoms with Crippen LogP contribution in [-0.4, -0.2) is 70.3 Å². The third-order valence-electron chi connectivity index (χ3n) is 13.3. The van der Waals surface area contributed by atoms with Gasteiger partial charge in [-0.1, -0.05) is 117 Å². The first kappa shape index (κ1) is 72.6. The number of nitrogens with zero attached hydrogens (tertiary/aromatic N) is 3. The number of alkyl halides is 9. The summed E-state index contributed by atoms with van der Waals surface area (Å²) in [6.45, 7) is 20.3. The van der Waals surface area contributed by atoms with Crippen molar-refractivity contribution in [2.75, 3.05) is 5.23 Å². The number of rotatable bonds is 5. The van der Waals surface area contributed by atoms with E-state index in [0.717, 1.165) is 22.9 Å². The molecule has 466 valence electrons. The number of anilines is 1. The molecule has 4 aliphatic heterocycles. The molecule has 0 aromatic heterocycles. The average Bonchev–Trinajstić information content (AvgIpc) is 1.59. The SMILES string of the molecule is C=C(Br)C(F)(F)F.C=C(c1cc(F)c(Cl)c(Cl)c1)C(F)(F)F.CC1(C)OB(O)c2ccc(C3=NOC(c4cc(F)c(Cl)c(Cl)c4)(C(F)(F)F)C3)cc21.CC1(C)OB(c2cc(F)c(Cl)c(Cl)c2)OC1(C)C.CC1(C)ON(O)c2ccc(C(Cl)=NO)cc21. The second-order valence-electron chi connectivity index (χ2n) is 20.7. The van der Waals surface area contributed by atoms with Gasteiger partial charge < -0.3 is 29.0 Å². The quantitative estimate of drug-likeness (QED) is 0.0393. The molecule has 5 aromatic carbocycles. The van der Waals surface area contributed by atoms with E-state index in [9.17, 15) is 62.9 Å². The van der Waals surface area contributed by atoms with Crippen LogP contribution in [0.4, 0.5) is 58.4 Å². The molecule has 5 aromatic rings. The largest absolute Gasteiger partial charge is 0.494 e. The van der Waals surface area contributed by atoms with Gasteiger partial charge in [-0.2, -0.15) is 39.5 Å². The number of allylic oxidation sites excluding steroid dienone is 2. The molecule has 0 aliphatic carbocycles. The summed E-state index contributed by atoms with van der Waals surface area (Å²) >= 11 is 41.6. The minimum atomic E-state index is -4.92. The maximum atomic E-state index is 14.1. The van der Waals surface area contributed by atoms with Gasteiger partial charge in [0.05, 0.1) is 62.7 Å². The Morgan fingerprint density at radius 3 is 1.65 bits per heavy atom. The molecule has 0 saturated carbocycles. The monoisotopic (exact) mass is 1430 g/mol. The third-order valence-corrected chi connectivity index (χ3v) is 16.4. The fraction of sp³-hybridized carbons (Fsp3) is 0.321. The maximum absolute atomic E-state index is 14.1. The Morgan fingerprint density at radius 1 is 0.663 bits per heavy atom. The fourth-order valence-corrected chi connectivity index (χ4v) is 9.07. The van der Waals surface area contributed by atoms with Crippen molar-refractivity contribution in [3.63, 3.8) is 0 Å². The van der Waals surface area contributed by atoms with Crippen molar-refractivity contribution >= 4 is 144 Å². The molecule has 86 heavy (non-hydrogen) atoms. The highest BCUT2D eigenvalue weighted by atomic mass is 79.9. The van der Waals surface area contributed by atoms with E-state index in [4.69, 9.17) is 110 Å². The number of hydrogen-bond acceptors (Lipinski definition) is 11. The molecule has 3 N–H and O–H groups in total. The van der Waals surface area contributed by atoms with Crippen LogP contribution in [0.5, 0.6) is 0 Å². The van der Waals surface area contributed by atoms with Gasteiger partial charge in [0.1, 0.15) is 28.7 Å². The van der Waals surface area contributed by atoms with Crippen molar-refractivity contribution in [1.82, 2.24) is 0 Å². The topological polar surface area (TPSA) is 135 Å². The molecule has 4 aliphatic rings. The molecule has 1 atom stereocenters. The van der Waals surface area contributed by atoms with Crippen LogP contribution < -0.4 is 16.2 Å². The van der Waals surface area contributed by atoms with Gasteiger partial charge in [-0.15, -0.1) is 5.23 Å². The molecule has 33 heteroatoms. The van der Waals surface area contributed by atoms with Crippen LogP contribution in [-0.2, 0) is 40.4 Å². The van der Waals surface area contributed by atoms with Crippen LogP contribution in [0.2, 0.25) is 30.1 Å². The van der Waals surface area contributed by atoms with Crippen LogP contribution >= 0.6 is 97.1 Å². The Morgan fingerprint density at radius 2 is 1.17 bits per heavy atom. The van der Waals surface area contributed by atoms with Gasteiger partial charge in [-0.25, -0.2) is 18.0 Å². The lowest BCUT2D eigenvalue weighted by molar-refractivity contribution is -0.275. The van der Waals surface area contributed by atoms with Crippen molar-refractivity contribution in [1.29, 1.82) is 0 Å². The fourth-order valence-electron chi connectivity index (χ4n) is 8.00. The zero-order chi connectivity index (χ0) is 65.6. The first-order valence-electron chi connectivity index (χ1n) is 24.1. The van der Waals surface area contributed by atoms with Crippen molar-refractivity contribution in [3.05, 3.63) is 171 Å². The van der Waals surface area contributed by atoms with Crippen molar-refractivity contribution < 1.29 is 91.8 Å². The predicted molar refractivity (Wildman–Crippen MR) is 311 cm³/mol. The van der Waals surface area contributed by atoms with E-state index in [1.165, 1.54) is 12.1 Å². The van der Waals surface area contributed by atoms with Gasteiger partial charge in [0.25, 0.3) is 5.60 Å². The van der Waals surface area contributed by atoms with Gasteiger partial charge in [0, 0.05) is 23.1 Å². The first-order valence-corrected chi connectivity index (χ1v) is 27.6. The summed E-state index contributed by atoms with van der Waals surface area (Å²) < 4.78 is 169. The molecule has 9 rings (SSSR count). The Labute approximate surface area is 528 Å². The van der Waals surface area contributed by atoms with Crippen molar-refractivity contribution in [2.24, 2.45) is 10.3 Å². The summed E-state index contributed by atoms with van der Waals surface area (Å²) in [6, 6.07) is 15.7. The predicted octanol–water partition coefficient (Wildman–Crippen LogP) is 17.7. The molecule has 0 radical (unpaired) electrons. The molecule has 1 fully saturated rings. The smallest absolute Gasteiger partial charge is 0.423 e. The normalized spacial score (nSPS) is 18.8. The third kappa shape index (κ3) is 16.3. The number of hydrogen-bond donors (Lipinski definition) is 3. The van der Waals surface area contributed by atoms with Gasteiger partial charge in [-0.05, 0) is 160 Å². The molecule has 4 heterocycles. The molecule has 0 bridgehead atoms. The number of halogens is 20. The van der Waals surface area contributed by atoms with E-state index in [1.807, 2.05) is 41.5 Å². The highest BCUT2D eigenvalue weighted by molar-refractivity contribution is 9.11. The summed E-state index contributed by atoms with van der Waals surface area (Å²) in [5, 5.41) is 33.9. The lowest BCUT2D eigenvalue weighted by Crippen LogP contribution is -2.42. The van der Waals surface area contributed by atoms with E-state index in [0.29, 0.717) is 45.4 Å². The summed E-state index contributed by atoms with van der Waals surface area (Å²) in [4.78, 5) is 10.1. The van der Waals surface area contributed by atoms with E-state index >= 15 is 0 Å². The minimum Gasteiger partial charge on any atom is -0.423 e. The van der Waals surface area contributed by atoms with Gasteiger partial charge in [0.2, 0.25) is 0 Å². The van der Waals surface area contributed by atoms with Gasteiger partial charge in [-0.3, -0.25) is 5.21 Å². The molecule has 0 spiro atoms. The highest BCUT2D eigenvalue weighted by Crippen LogP contribution is 2.51. The second-order valence-corrected chi connectivity index (χ2v) is 24.4. The Kier molecular flexibility index (Phi) is 22.6. The van der Waals surface area contributed by atoms with Crippen LogP contribution in [0.1, 0.15) is 95.2 Å². The van der Waals surface area contributed by atoms with E-state index < -0.39 is 116 Å². The summed E-state index contributed by atoms with van der Waals surface area (Å²) in [5.41, 5.74) is -3.54. The lowest BCUT2D eigenvalue weighted by Gasteiger charge is -2.32. The summed E-state index contributed by atoms with van der Waals surface area (Å²) in [6.07, 6.45) is -14.5. The van der Waals surface area contributed by atoms with Gasteiger partial charge in [0.15, 0.2) is 5.17 Å². The Bertz CT molecular complexity index is 3400. The molecule has 11 nitrogen and oxygen atoms in total. The van der Waals surface area contributed by atoms with E-state index in [1.54, 1.807) is 50.2 Å². The van der Waals surface area contributed by atoms with E-state index in [-0.39, 0.29) is 31.0 Å². The number of benzene rings is 5. The molecule has 1 saturated heterocycles. The zero-order valence-electron chi connectivity index (χ0n) is 45.5. The Hall–Kier alpha value is -4.12. The van der Waals surface area contributed by atoms with Crippen molar-refractivity contribution in [2.45, 2.75) is 108 Å². The first-order chi connectivity index (χ1) is 39.1. The van der Waals surface area contributed by atoms with Crippen LogP contribution in [0, 0.1) is 17.5 Å². The maximum Gasteiger partial charge on any atom is 0.494 e. The average molecular weight is 1430 g/mol. The molecular formula is C53H45B2BrCl7F12N3O8. The van der Waals surface area contributed by atoms with Crippen molar-refractivity contribution in [3.8, 4) is 0 Å². The Balaban J connectivity index is 0.000000210. The standard InChI is InChI=1S/C19H14BCl2F4NO3.C12H14BCl2FO2.C10H11ClN2O3.C9H4Cl2F4.C3H2BrF3/c1-17(2)11-5-9(3-4-12(11)20(28)29-17)15-8-18(30-27-15,19(24,25)26)10-6-13(21)16(22)14(23)7-10;1-11(2)12(3,4)18-13(17-11)7-5-8(14)10(15)9(16)6-7;1-10(2)7-5-6(9(11)12-14)3-4-8(7)13(15)16-10;1-4(9(13,14)15)5-2-6(10)8(11)7(12)3-5;1-2(4)3(5,6)7/h3-7,28H,8H2,1-2H3;5-6H,1-4H3;3-5,14-15H,1-2H3;2-3H,1H2;1H2. The van der Waals surface area contributed by atoms with Crippen LogP contribution in [0.3, 0.4) is 0 Å². The number of oxime groups is 2. The van der Waals surface area contributed by atoms with Crippen LogP contribution in [0.15, 0.2) is 101 Å². The number of fused-ring (bicyclic) bond motifs is 2. The lowest BCUT2D eigenvalue weighted by atomic mass is 9.77. The minimum absolute atomic E-state index is 0.00464. The second kappa shape index (κ2) is 26.8. The summed E-state index contributed by atoms with van der Waals surface area (Å²) in [5.74, 6) is -2.68. The molecule has 1 unspecified atom stereocenters. The van der Waals surface area contributed by atoms with Gasteiger partial charge >= 0.3 is 32.8 Å². The van der Waals surface area contributed by atoms with Crippen LogP contribution in [0.25, 0.3) is 5.57 Å². The highest BCUT2D eigenvalue weighted by Gasteiger charge is 2.63. The summed E-state index contributed by atoms with van der Waals surface area (Å²) in [7, 11) is -1.77. The molecule has 0 amide bonds.